The number of aromatic amines is 4. The fourth-order valence-electron chi connectivity index (χ4n) is 13.2. The number of hydrogen-bond acceptors (Lipinski definition) is 27. The van der Waals surface area contributed by atoms with Gasteiger partial charge in [0, 0.05) is 51.7 Å². The molecule has 35 nitrogen and oxygen atoms in total. The Morgan fingerprint density at radius 3 is 1.14 bits per heavy atom. The van der Waals surface area contributed by atoms with E-state index in [9.17, 15) is 120 Å². The Labute approximate surface area is 870 Å². The number of ketones is 2. The second-order valence-corrected chi connectivity index (χ2v) is 40.5. The van der Waals surface area contributed by atoms with Gasteiger partial charge in [-0.25, -0.2) is 80.7 Å². The van der Waals surface area contributed by atoms with Crippen molar-refractivity contribution >= 4 is 240 Å². The van der Waals surface area contributed by atoms with Gasteiger partial charge < -0.3 is 41.7 Å². The average molecular weight is 2380 g/mol. The van der Waals surface area contributed by atoms with E-state index in [2.05, 4.69) is 55.8 Å². The molecule has 61 heteroatoms. The van der Waals surface area contributed by atoms with Crippen LogP contribution < -0.4 is 45.4 Å². The van der Waals surface area contributed by atoms with Crippen LogP contribution >= 0.6 is 121 Å². The van der Waals surface area contributed by atoms with E-state index in [0.29, 0.717) is 49.7 Å². The average Bonchev–Trinajstić information content (AvgIpc) is 1.46. The van der Waals surface area contributed by atoms with Crippen LogP contribution in [-0.2, 0) is 79.0 Å². The Kier molecular flexibility index (Phi) is 36.1. The maximum absolute atomic E-state index is 13.6. The summed E-state index contributed by atoms with van der Waals surface area (Å²) in [6.45, 7) is -1.89. The fourth-order valence-corrected chi connectivity index (χ4v) is 20.6. The number of sulfonamides is 4. The first-order valence-electron chi connectivity index (χ1n) is 39.5. The van der Waals surface area contributed by atoms with Crippen LogP contribution in [0.1, 0.15) is 71.7 Å². The van der Waals surface area contributed by atoms with E-state index in [1.165, 1.54) is 81.1 Å². The van der Waals surface area contributed by atoms with Crippen LogP contribution in [0.25, 0.3) is 44.4 Å². The first-order chi connectivity index (χ1) is 68.3. The highest BCUT2D eigenvalue weighted by Crippen LogP contribution is 2.45. The zero-order chi connectivity index (χ0) is 107. The number of carbonyl (C=O) groups is 2. The van der Waals surface area contributed by atoms with Crippen molar-refractivity contribution in [2.75, 3.05) is 66.3 Å². The number of H-pyrrole nitrogens is 4. The molecule has 0 spiro atoms. The van der Waals surface area contributed by atoms with Gasteiger partial charge in [-0.15, -0.1) is 12.4 Å². The second-order valence-electron chi connectivity index (χ2n) is 29.1. The highest BCUT2D eigenvalue weighted by molar-refractivity contribution is 9.10. The number of aromatic nitrogens is 8. The Balaban J connectivity index is 0.000000180. The van der Waals surface area contributed by atoms with Crippen LogP contribution in [0.5, 0.6) is 5.75 Å². The number of para-hydroxylation sites is 4. The van der Waals surface area contributed by atoms with Gasteiger partial charge in [0.05, 0.1) is 151 Å². The number of anilines is 4. The second kappa shape index (κ2) is 46.2. The van der Waals surface area contributed by atoms with Crippen LogP contribution in [0.3, 0.4) is 0 Å². The van der Waals surface area contributed by atoms with Crippen LogP contribution in [0.4, 0.5) is 75.4 Å². The third-order valence-electron chi connectivity index (χ3n) is 19.6. The van der Waals surface area contributed by atoms with Crippen molar-refractivity contribution < 1.29 is 138 Å². The summed E-state index contributed by atoms with van der Waals surface area (Å²) in [4.78, 5) is 95.0. The molecular formula is C86H58BrCl9F12N12O23S4. The third kappa shape index (κ3) is 26.2. The molecule has 16 aromatic rings. The summed E-state index contributed by atoms with van der Waals surface area (Å²) >= 11 is 49.4. The van der Waals surface area contributed by atoms with Gasteiger partial charge in [-0.1, -0.05) is 123 Å². The normalized spacial score (nSPS) is 12.2. The summed E-state index contributed by atoms with van der Waals surface area (Å²) < 4.78 is 309. The lowest BCUT2D eigenvalue weighted by molar-refractivity contribution is -0.138. The number of pyridine rings is 4. The fraction of sp³-hybridized carbons (Fsp3) is 0.140. The Morgan fingerprint density at radius 1 is 0.408 bits per heavy atom. The number of nitrogens with one attached hydrogen (secondary N) is 5. The number of fused-ring (bicyclic) bond motifs is 4. The van der Waals surface area contributed by atoms with Gasteiger partial charge in [-0.2, -0.15) is 52.7 Å². The number of hydrogen-bond donors (Lipinski definition) is 6. The van der Waals surface area contributed by atoms with E-state index in [4.69, 9.17) is 129 Å². The van der Waals surface area contributed by atoms with Gasteiger partial charge in [-0.05, 0) is 155 Å². The lowest BCUT2D eigenvalue weighted by atomic mass is 10.0. The number of aliphatic hydroxyl groups is 1. The number of carbonyl (C=O) groups excluding carboxylic acids is 2. The number of halogens is 22. The largest absolute Gasteiger partial charge is 0.493 e. The first-order valence-corrected chi connectivity index (χ1v) is 49.1. The van der Waals surface area contributed by atoms with Crippen LogP contribution in [0.2, 0.25) is 40.2 Å². The van der Waals surface area contributed by atoms with Gasteiger partial charge in [-0.3, -0.25) is 39.2 Å². The summed E-state index contributed by atoms with van der Waals surface area (Å²) in [7, 11) is -13.6. The highest BCUT2D eigenvalue weighted by atomic mass is 79.9. The minimum atomic E-state index is -4.94. The maximum atomic E-state index is 13.6. The van der Waals surface area contributed by atoms with Gasteiger partial charge in [0.2, 0.25) is 11.6 Å². The van der Waals surface area contributed by atoms with Crippen molar-refractivity contribution in [1.82, 2.24) is 39.9 Å². The first kappa shape index (κ1) is 115. The van der Waals surface area contributed by atoms with Crippen molar-refractivity contribution in [1.29, 1.82) is 0 Å². The van der Waals surface area contributed by atoms with E-state index in [0.717, 1.165) is 104 Å². The number of benzene rings is 8. The van der Waals surface area contributed by atoms with E-state index in [1.807, 2.05) is 4.72 Å². The van der Waals surface area contributed by atoms with Crippen LogP contribution in [0.15, 0.2) is 256 Å². The summed E-state index contributed by atoms with van der Waals surface area (Å²) in [5, 5.41) is 8.46. The SMILES string of the molecule is COCN(c1cc(Cl)cnc1Br)S(=O)(=O)c1ccc(Cl)c(C(F)(F)F)c1.COCN(c1cc(Cl)cnc1C(=O)c1cccc2[nH]c(=O)oc12)S(=O)(=O)c1ccc(Cl)c(C(F)(F)F)c1.COCN(c1cc(Cl)cnc1C(O)c1cccc2[nH]c(=O)oc12)S(=O)(=O)c1ccc(Cl)c(C(F)(F)F)c1.COc1cccc2[nH]c(=O)oc12.Cl.O=C(c1ncc(Cl)cc1NS(=O)(=O)c1ccc(Cl)c(C(F)(F)F)c1)c1cccc2[nH]c(=O)oc12. The number of ether oxygens (including phenoxy) is 4. The third-order valence-corrected chi connectivity index (χ3v) is 29.0. The number of rotatable bonds is 25. The predicted molar refractivity (Wildman–Crippen MR) is 518 cm³/mol. The number of oxazole rings is 4. The van der Waals surface area contributed by atoms with Crippen molar-refractivity contribution in [3.63, 3.8) is 0 Å². The number of alkyl halides is 12. The predicted octanol–water partition coefficient (Wildman–Crippen LogP) is 21.0. The smallest absolute Gasteiger partial charge is 0.417 e. The summed E-state index contributed by atoms with van der Waals surface area (Å²) in [5.41, 5.74) is -6.16. The molecule has 0 aliphatic carbocycles. The highest BCUT2D eigenvalue weighted by Gasteiger charge is 2.43. The molecule has 0 aliphatic heterocycles. The molecule has 0 amide bonds. The topological polar surface area (TPSA) is 485 Å². The Bertz CT molecular complexity index is 8500. The minimum absolute atomic E-state index is 0. The van der Waals surface area contributed by atoms with Crippen molar-refractivity contribution in [3.8, 4) is 5.75 Å². The molecule has 147 heavy (non-hydrogen) atoms. The van der Waals surface area contributed by atoms with E-state index in [1.54, 1.807) is 18.2 Å². The summed E-state index contributed by atoms with van der Waals surface area (Å²) in [6, 6.07) is 31.3. The molecule has 0 fully saturated rings. The Morgan fingerprint density at radius 2 is 0.728 bits per heavy atom. The zero-order valence-electron chi connectivity index (χ0n) is 73.2. The number of aliphatic hydroxyl groups excluding tert-OH is 1. The molecule has 778 valence electrons. The molecule has 8 aromatic carbocycles. The van der Waals surface area contributed by atoms with Gasteiger partial charge >= 0.3 is 47.7 Å². The molecule has 0 saturated carbocycles. The molecule has 0 bridgehead atoms. The molecule has 6 N–H and O–H groups in total. The van der Waals surface area contributed by atoms with E-state index < -0.39 is 210 Å². The maximum Gasteiger partial charge on any atom is 0.417 e. The summed E-state index contributed by atoms with van der Waals surface area (Å²) in [5.74, 6) is -4.03. The minimum Gasteiger partial charge on any atom is -0.493 e. The zero-order valence-corrected chi connectivity index (χ0v) is 84.9. The van der Waals surface area contributed by atoms with E-state index >= 15 is 0 Å². The molecule has 0 saturated heterocycles. The Hall–Kier alpha value is -12.3. The van der Waals surface area contributed by atoms with Gasteiger partial charge in [0.15, 0.2) is 28.1 Å². The molecule has 1 unspecified atom stereocenters. The lowest BCUT2D eigenvalue weighted by Gasteiger charge is -2.27. The van der Waals surface area contributed by atoms with E-state index in [-0.39, 0.29) is 104 Å². The quantitative estimate of drug-likeness (QED) is 0.0134. The molecular weight excluding hydrogens is 2320 g/mol. The van der Waals surface area contributed by atoms with Crippen molar-refractivity contribution in [2.24, 2.45) is 0 Å². The molecule has 16 rings (SSSR count). The summed E-state index contributed by atoms with van der Waals surface area (Å²) in [6.07, 6.45) is -16.7. The van der Waals surface area contributed by atoms with Gasteiger partial charge in [0.1, 0.15) is 42.3 Å². The molecule has 0 aliphatic rings. The number of nitrogens with zero attached hydrogens (tertiary/aromatic N) is 7. The molecule has 0 radical (unpaired) electrons. The van der Waals surface area contributed by atoms with Crippen molar-refractivity contribution in [3.05, 3.63) is 338 Å². The molecule has 8 aromatic heterocycles. The van der Waals surface area contributed by atoms with Crippen LogP contribution in [-0.4, -0.2) is 139 Å². The molecule has 1 atom stereocenters. The monoisotopic (exact) mass is 2380 g/mol. The number of methoxy groups -OCH3 is 4. The standard InChI is InChI=1S/C22H16Cl2F3N3O6S.C22H14Cl2F3N3O6S.C20H10Cl2F3N3O5S.C14H10BrCl2F3N2O3S.C8H7NO3.ClH/c2*1-35-10-30(37(33,34)12-5-6-15(24)14(8-12)22(25,26)27)17-7-11(23)9-28-18(17)19(31)13-3-2-4-16-20(13)36-21(32)29-16;21-9-6-15(28-34(31,32)10-4-5-13(22)12(7-10)20(23,24)25)16(26-8-9)17(29)11-2-1-3-14-18(11)33-19(30)27-14;1-25-7-22(12-4-8(16)6-21-13(12)15)26(23,24)9-2-3-11(17)10(5-9)14(18,19)20;1-11-6-4-2-3-5-7(6)12-8(10)9-5;/h2-9,19,31H,10H2,1H3,(H,29,32);2-9H,10H2,1H3,(H,29,32);1-8,28H,(H,27,30);2-6H,7H2,1H3;2-4H,1H3,(H,9,10);1H. The van der Waals surface area contributed by atoms with Gasteiger partial charge in [0.25, 0.3) is 40.1 Å². The molecule has 8 heterocycles. The van der Waals surface area contributed by atoms with Crippen molar-refractivity contribution in [2.45, 2.75) is 50.4 Å². The lowest BCUT2D eigenvalue weighted by Crippen LogP contribution is -2.34. The van der Waals surface area contributed by atoms with Crippen LogP contribution in [0, 0.1) is 0 Å².